The third-order valence-electron chi connectivity index (χ3n) is 4.39. The highest BCUT2D eigenvalue weighted by atomic mass is 35.5. The van der Waals surface area contributed by atoms with Crippen LogP contribution < -0.4 is 5.32 Å². The molecule has 5 rings (SSSR count). The Hall–Kier alpha value is -3.35. The van der Waals surface area contributed by atoms with Gasteiger partial charge in [-0.15, -0.1) is 11.3 Å². The summed E-state index contributed by atoms with van der Waals surface area (Å²) in [6.07, 6.45) is 3.49. The second kappa shape index (κ2) is 7.58. The van der Waals surface area contributed by atoms with E-state index < -0.39 is 0 Å². The lowest BCUT2D eigenvalue weighted by Crippen LogP contribution is -1.99. The Morgan fingerprint density at radius 2 is 1.69 bits per heavy atom. The molecule has 29 heavy (non-hydrogen) atoms. The fourth-order valence-electron chi connectivity index (χ4n) is 2.98. The van der Waals surface area contributed by atoms with Crippen LogP contribution in [-0.2, 0) is 0 Å². The van der Waals surface area contributed by atoms with Crippen molar-refractivity contribution < 1.29 is 0 Å². The van der Waals surface area contributed by atoms with Crippen molar-refractivity contribution in [3.63, 3.8) is 0 Å². The van der Waals surface area contributed by atoms with Gasteiger partial charge >= 0.3 is 0 Å². The normalized spacial score (nSPS) is 10.9. The van der Waals surface area contributed by atoms with Crippen molar-refractivity contribution in [3.8, 4) is 22.6 Å². The Morgan fingerprint density at radius 3 is 2.52 bits per heavy atom. The smallest absolute Gasteiger partial charge is 0.188 e. The molecule has 3 aromatic heterocycles. The quantitative estimate of drug-likeness (QED) is 0.378. The molecule has 1 N–H and O–H groups in total. The van der Waals surface area contributed by atoms with Gasteiger partial charge in [-0.2, -0.15) is 0 Å². The van der Waals surface area contributed by atoms with Crippen LogP contribution in [0.4, 0.5) is 10.9 Å². The van der Waals surface area contributed by atoms with Gasteiger partial charge in [-0.25, -0.2) is 15.0 Å². The number of rotatable bonds is 4. The van der Waals surface area contributed by atoms with Crippen molar-refractivity contribution >= 4 is 44.8 Å². The summed E-state index contributed by atoms with van der Waals surface area (Å²) in [6, 6.07) is 19.4. The summed E-state index contributed by atoms with van der Waals surface area (Å²) in [5.41, 5.74) is 3.63. The van der Waals surface area contributed by atoms with Crippen molar-refractivity contribution in [2.24, 2.45) is 0 Å². The minimum atomic E-state index is 0.619. The number of halogens is 1. The number of hydrogen-bond acceptors (Lipinski definition) is 6. The Labute approximate surface area is 176 Å². The van der Waals surface area contributed by atoms with E-state index in [4.69, 9.17) is 21.6 Å². The van der Waals surface area contributed by atoms with Crippen LogP contribution in [0.25, 0.3) is 33.5 Å². The van der Waals surface area contributed by atoms with Gasteiger partial charge in [0.05, 0.1) is 11.2 Å². The molecule has 0 unspecified atom stereocenters. The first-order chi connectivity index (χ1) is 14.3. The van der Waals surface area contributed by atoms with Gasteiger partial charge in [-0.1, -0.05) is 35.9 Å². The van der Waals surface area contributed by atoms with E-state index in [0.717, 1.165) is 32.9 Å². The SMILES string of the molecule is Clc1ccc(-c2csc(Nc3nc(-c4cccnc4)nc4ccccc34)n2)cc1. The highest BCUT2D eigenvalue weighted by Crippen LogP contribution is 2.31. The molecule has 0 atom stereocenters. The van der Waals surface area contributed by atoms with Gasteiger partial charge in [0.2, 0.25) is 0 Å². The Bertz CT molecular complexity index is 1290. The summed E-state index contributed by atoms with van der Waals surface area (Å²) in [6.45, 7) is 0. The van der Waals surface area contributed by atoms with Crippen LogP contribution in [0, 0.1) is 0 Å². The van der Waals surface area contributed by atoms with E-state index in [1.807, 2.05) is 66.0 Å². The maximum absolute atomic E-state index is 5.98. The fourth-order valence-corrected chi connectivity index (χ4v) is 3.83. The van der Waals surface area contributed by atoms with Gasteiger partial charge in [0.25, 0.3) is 0 Å². The summed E-state index contributed by atoms with van der Waals surface area (Å²) in [4.78, 5) is 18.3. The molecule has 5 nitrogen and oxygen atoms in total. The first-order valence-corrected chi connectivity index (χ1v) is 10.2. The minimum Gasteiger partial charge on any atom is -0.316 e. The number of benzene rings is 2. The number of fused-ring (bicyclic) bond motifs is 1. The molecule has 0 aliphatic heterocycles. The third-order valence-corrected chi connectivity index (χ3v) is 5.40. The van der Waals surface area contributed by atoms with E-state index in [1.54, 1.807) is 12.4 Å². The lowest BCUT2D eigenvalue weighted by Gasteiger charge is -2.09. The zero-order valence-corrected chi connectivity index (χ0v) is 16.7. The van der Waals surface area contributed by atoms with Crippen LogP contribution in [0.2, 0.25) is 5.02 Å². The van der Waals surface area contributed by atoms with Gasteiger partial charge in [0.15, 0.2) is 11.0 Å². The number of nitrogens with one attached hydrogen (secondary N) is 1. The number of aromatic nitrogens is 4. The van der Waals surface area contributed by atoms with Crippen LogP contribution in [0.5, 0.6) is 0 Å². The molecule has 0 amide bonds. The monoisotopic (exact) mass is 415 g/mol. The molecule has 0 spiro atoms. The Kier molecular flexibility index (Phi) is 4.63. The van der Waals surface area contributed by atoms with Gasteiger partial charge in [0, 0.05) is 39.3 Å². The fraction of sp³-hybridized carbons (Fsp3) is 0. The largest absolute Gasteiger partial charge is 0.316 e. The van der Waals surface area contributed by atoms with Crippen molar-refractivity contribution in [1.82, 2.24) is 19.9 Å². The maximum atomic E-state index is 5.98. The first-order valence-electron chi connectivity index (χ1n) is 8.92. The average Bonchev–Trinajstić information content (AvgIpc) is 3.23. The van der Waals surface area contributed by atoms with Crippen LogP contribution in [0.3, 0.4) is 0 Å². The molecular formula is C22H14ClN5S. The molecule has 5 aromatic rings. The molecule has 0 radical (unpaired) electrons. The highest BCUT2D eigenvalue weighted by molar-refractivity contribution is 7.14. The number of thiazole rings is 1. The highest BCUT2D eigenvalue weighted by Gasteiger charge is 2.12. The van der Waals surface area contributed by atoms with Crippen molar-refractivity contribution in [2.45, 2.75) is 0 Å². The molecule has 0 aliphatic carbocycles. The van der Waals surface area contributed by atoms with Crippen LogP contribution in [0.15, 0.2) is 78.4 Å². The zero-order valence-electron chi connectivity index (χ0n) is 15.1. The van der Waals surface area contributed by atoms with Crippen molar-refractivity contribution in [2.75, 3.05) is 5.32 Å². The summed E-state index contributed by atoms with van der Waals surface area (Å²) >= 11 is 7.51. The predicted octanol–water partition coefficient (Wildman–Crippen LogP) is 6.21. The van der Waals surface area contributed by atoms with Crippen LogP contribution in [0.1, 0.15) is 0 Å². The number of para-hydroxylation sites is 1. The molecule has 140 valence electrons. The summed E-state index contributed by atoms with van der Waals surface area (Å²) < 4.78 is 0. The number of anilines is 2. The van der Waals surface area contributed by atoms with Gasteiger partial charge in [0.1, 0.15) is 5.82 Å². The molecule has 0 bridgehead atoms. The Balaban J connectivity index is 1.54. The molecule has 0 fully saturated rings. The molecule has 0 saturated heterocycles. The van der Waals surface area contributed by atoms with E-state index >= 15 is 0 Å². The summed E-state index contributed by atoms with van der Waals surface area (Å²) in [7, 11) is 0. The Morgan fingerprint density at radius 1 is 0.828 bits per heavy atom. The second-order valence-electron chi connectivity index (χ2n) is 6.32. The van der Waals surface area contributed by atoms with Crippen LogP contribution in [-0.4, -0.2) is 19.9 Å². The number of hydrogen-bond donors (Lipinski definition) is 1. The zero-order chi connectivity index (χ0) is 19.6. The third kappa shape index (κ3) is 3.68. The van der Waals surface area contributed by atoms with Gasteiger partial charge in [-0.05, 0) is 36.4 Å². The van der Waals surface area contributed by atoms with E-state index in [1.165, 1.54) is 11.3 Å². The second-order valence-corrected chi connectivity index (χ2v) is 7.62. The van der Waals surface area contributed by atoms with E-state index in [9.17, 15) is 0 Å². The van der Waals surface area contributed by atoms with E-state index in [-0.39, 0.29) is 0 Å². The summed E-state index contributed by atoms with van der Waals surface area (Å²) in [5, 5.41) is 7.78. The molecule has 2 aromatic carbocycles. The maximum Gasteiger partial charge on any atom is 0.188 e. The molecule has 0 saturated carbocycles. The molecule has 3 heterocycles. The van der Waals surface area contributed by atoms with Crippen molar-refractivity contribution in [1.29, 1.82) is 0 Å². The van der Waals surface area contributed by atoms with Gasteiger partial charge in [-0.3, -0.25) is 4.98 Å². The minimum absolute atomic E-state index is 0.619. The average molecular weight is 416 g/mol. The van der Waals surface area contributed by atoms with E-state index in [2.05, 4.69) is 15.3 Å². The standard InChI is InChI=1S/C22H14ClN5S/c23-16-9-7-14(8-10-16)19-13-29-22(26-19)28-21-17-5-1-2-6-18(17)25-20(27-21)15-4-3-11-24-12-15/h1-13H,(H,25,26,27,28). The van der Waals surface area contributed by atoms with Gasteiger partial charge < -0.3 is 5.32 Å². The lowest BCUT2D eigenvalue weighted by molar-refractivity contribution is 1.20. The molecule has 0 aliphatic rings. The van der Waals surface area contributed by atoms with Crippen LogP contribution >= 0.6 is 22.9 Å². The van der Waals surface area contributed by atoms with Crippen molar-refractivity contribution in [3.05, 3.63) is 83.5 Å². The first kappa shape index (κ1) is 17.7. The lowest BCUT2D eigenvalue weighted by atomic mass is 10.2. The molecular weight excluding hydrogens is 402 g/mol. The predicted molar refractivity (Wildman–Crippen MR) is 119 cm³/mol. The van der Waals surface area contributed by atoms with E-state index in [0.29, 0.717) is 16.7 Å². The summed E-state index contributed by atoms with van der Waals surface area (Å²) in [5.74, 6) is 1.33. The number of nitrogens with zero attached hydrogens (tertiary/aromatic N) is 4. The number of pyridine rings is 1. The molecule has 7 heteroatoms. The topological polar surface area (TPSA) is 63.6 Å².